The molecule has 0 spiro atoms. The fraction of sp³-hybridized carbons (Fsp3) is 0.606. The standard InChI is InChI=1S/C33H50FN7O3S/c1-9-26-29(23(5)39-40(26)20-44-18-19-45(6,7)8)25-14-15-28(36-31(25)34)37-33(43)30(24-12-10-22(4)11-13-24)38-32(42)27-16-17-35-41(27)21(2)3/h14-17,21-22,24,30H,9-13,18-20H2,1-8H3,(H,38,42)(H,36,37,43)/t22?,24?,30-/m0/s1. The first-order chi connectivity index (χ1) is 21.3. The van der Waals surface area contributed by atoms with Crippen LogP contribution < -0.4 is 10.6 Å². The molecule has 248 valence electrons. The van der Waals surface area contributed by atoms with Crippen molar-refractivity contribution in [1.29, 1.82) is 0 Å². The van der Waals surface area contributed by atoms with Gasteiger partial charge in [-0.1, -0.05) is 26.7 Å². The summed E-state index contributed by atoms with van der Waals surface area (Å²) < 4.78 is 25.0. The van der Waals surface area contributed by atoms with Crippen LogP contribution in [0.4, 0.5) is 10.2 Å². The maximum absolute atomic E-state index is 15.6. The zero-order chi connectivity index (χ0) is 32.9. The lowest BCUT2D eigenvalue weighted by atomic mass is 9.79. The molecule has 10 nitrogen and oxygen atoms in total. The van der Waals surface area contributed by atoms with Gasteiger partial charge in [-0.2, -0.15) is 14.6 Å². The summed E-state index contributed by atoms with van der Waals surface area (Å²) in [6.07, 6.45) is 12.6. The Hall–Kier alpha value is -3.25. The summed E-state index contributed by atoms with van der Waals surface area (Å²) in [7, 11) is -0.661. The van der Waals surface area contributed by atoms with Crippen LogP contribution in [0.1, 0.15) is 81.3 Å². The summed E-state index contributed by atoms with van der Waals surface area (Å²) in [5.74, 6) is 0.146. The molecule has 3 aromatic heterocycles. The van der Waals surface area contributed by atoms with Gasteiger partial charge in [0.2, 0.25) is 11.9 Å². The molecule has 2 amide bonds. The highest BCUT2D eigenvalue weighted by atomic mass is 32.3. The number of aryl methyl sites for hydroxylation is 1. The van der Waals surface area contributed by atoms with Crippen LogP contribution in [0, 0.1) is 24.7 Å². The zero-order valence-electron chi connectivity index (χ0n) is 28.0. The Balaban J connectivity index is 1.52. The first kappa shape index (κ1) is 34.6. The van der Waals surface area contributed by atoms with Crippen LogP contribution in [0.15, 0.2) is 24.4 Å². The lowest BCUT2D eigenvalue weighted by Crippen LogP contribution is -2.49. The summed E-state index contributed by atoms with van der Waals surface area (Å²) >= 11 is 0. The lowest BCUT2D eigenvalue weighted by molar-refractivity contribution is -0.119. The first-order valence-corrected chi connectivity index (χ1v) is 18.9. The molecule has 12 heteroatoms. The molecule has 0 aromatic carbocycles. The van der Waals surface area contributed by atoms with Gasteiger partial charge in [-0.25, -0.2) is 19.7 Å². The zero-order valence-corrected chi connectivity index (χ0v) is 28.8. The third-order valence-corrected chi connectivity index (χ3v) is 9.87. The lowest BCUT2D eigenvalue weighted by Gasteiger charge is -2.32. The van der Waals surface area contributed by atoms with Gasteiger partial charge < -0.3 is 15.4 Å². The van der Waals surface area contributed by atoms with Crippen LogP contribution in [0.2, 0.25) is 0 Å². The van der Waals surface area contributed by atoms with E-state index in [0.717, 1.165) is 37.1 Å². The van der Waals surface area contributed by atoms with Crippen LogP contribution in [0.25, 0.3) is 11.1 Å². The molecule has 0 aliphatic heterocycles. The molecule has 3 aromatic rings. The number of carbonyl (C=O) groups is 2. The normalized spacial score (nSPS) is 18.2. The summed E-state index contributed by atoms with van der Waals surface area (Å²) in [4.78, 5) is 31.2. The average molecular weight is 644 g/mol. The Morgan fingerprint density at radius 2 is 1.84 bits per heavy atom. The van der Waals surface area contributed by atoms with Gasteiger partial charge in [0, 0.05) is 34.8 Å². The summed E-state index contributed by atoms with van der Waals surface area (Å²) in [6.45, 7) is 10.9. The second-order valence-corrected chi connectivity index (χ2v) is 17.9. The molecule has 0 saturated heterocycles. The van der Waals surface area contributed by atoms with Gasteiger partial charge >= 0.3 is 0 Å². The molecule has 0 unspecified atom stereocenters. The van der Waals surface area contributed by atoms with Crippen molar-refractivity contribution >= 4 is 27.7 Å². The van der Waals surface area contributed by atoms with Crippen LogP contribution in [0.5, 0.6) is 0 Å². The Bertz CT molecular complexity index is 1470. The van der Waals surface area contributed by atoms with E-state index < -0.39 is 27.9 Å². The predicted octanol–water partition coefficient (Wildman–Crippen LogP) is 5.96. The van der Waals surface area contributed by atoms with Crippen LogP contribution in [-0.2, 0) is 22.7 Å². The fourth-order valence-corrected chi connectivity index (χ4v) is 6.56. The fourth-order valence-electron chi connectivity index (χ4n) is 5.94. The summed E-state index contributed by atoms with van der Waals surface area (Å²) in [5, 5.41) is 14.7. The van der Waals surface area contributed by atoms with E-state index in [-0.39, 0.29) is 23.7 Å². The minimum absolute atomic E-state index is 0.0138. The molecule has 1 aliphatic rings. The van der Waals surface area contributed by atoms with Crippen molar-refractivity contribution in [2.75, 3.05) is 36.4 Å². The third kappa shape index (κ3) is 8.72. The Kier molecular flexibility index (Phi) is 11.5. The van der Waals surface area contributed by atoms with E-state index in [4.69, 9.17) is 4.74 Å². The molecule has 1 fully saturated rings. The van der Waals surface area contributed by atoms with E-state index in [0.29, 0.717) is 48.2 Å². The molecule has 45 heavy (non-hydrogen) atoms. The quantitative estimate of drug-likeness (QED) is 0.175. The van der Waals surface area contributed by atoms with E-state index in [9.17, 15) is 9.59 Å². The maximum atomic E-state index is 15.6. The summed E-state index contributed by atoms with van der Waals surface area (Å²) in [6, 6.07) is 4.07. The molecule has 2 N–H and O–H groups in total. The molecule has 1 saturated carbocycles. The Labute approximate surface area is 268 Å². The molecule has 3 heterocycles. The van der Waals surface area contributed by atoms with Crippen molar-refractivity contribution in [3.05, 3.63) is 47.4 Å². The van der Waals surface area contributed by atoms with Crippen molar-refractivity contribution < 1.29 is 18.7 Å². The number of hydrogen-bond acceptors (Lipinski definition) is 6. The van der Waals surface area contributed by atoms with Gasteiger partial charge in [0.05, 0.1) is 12.3 Å². The number of anilines is 1. The number of pyridine rings is 1. The van der Waals surface area contributed by atoms with E-state index in [1.807, 2.05) is 27.7 Å². The van der Waals surface area contributed by atoms with Gasteiger partial charge in [-0.3, -0.25) is 14.3 Å². The number of aromatic nitrogens is 5. The number of amides is 2. The van der Waals surface area contributed by atoms with E-state index in [1.54, 1.807) is 33.8 Å². The third-order valence-electron chi connectivity index (χ3n) is 8.48. The van der Waals surface area contributed by atoms with E-state index >= 15 is 4.39 Å². The monoisotopic (exact) mass is 643 g/mol. The Morgan fingerprint density at radius 1 is 1.13 bits per heavy atom. The van der Waals surface area contributed by atoms with E-state index in [2.05, 4.69) is 51.5 Å². The molecule has 1 atom stereocenters. The Morgan fingerprint density at radius 3 is 2.47 bits per heavy atom. The minimum atomic E-state index is -0.794. The molecular formula is C33H50FN7O3S. The van der Waals surface area contributed by atoms with Crippen LogP contribution in [0.3, 0.4) is 0 Å². The highest BCUT2D eigenvalue weighted by molar-refractivity contribution is 8.32. The van der Waals surface area contributed by atoms with Crippen molar-refractivity contribution in [3.8, 4) is 11.1 Å². The van der Waals surface area contributed by atoms with Crippen molar-refractivity contribution in [1.82, 2.24) is 29.9 Å². The molecule has 0 bridgehead atoms. The highest BCUT2D eigenvalue weighted by Crippen LogP contribution is 2.34. The summed E-state index contributed by atoms with van der Waals surface area (Å²) in [5.41, 5.74) is 2.95. The minimum Gasteiger partial charge on any atom is -0.358 e. The molecule has 1 aliphatic carbocycles. The maximum Gasteiger partial charge on any atom is 0.270 e. The highest BCUT2D eigenvalue weighted by Gasteiger charge is 2.34. The smallest absolute Gasteiger partial charge is 0.270 e. The molecule has 0 radical (unpaired) electrons. The van der Waals surface area contributed by atoms with Crippen molar-refractivity contribution in [2.24, 2.45) is 11.8 Å². The number of rotatable bonds is 13. The SMILES string of the molecule is CCc1c(-c2ccc(NC(=O)[C@@H](NC(=O)c3ccnn3C(C)C)C3CCC(C)CC3)nc2F)c(C)nn1COCCS(C)(C)C. The van der Waals surface area contributed by atoms with Crippen molar-refractivity contribution in [2.45, 2.75) is 85.5 Å². The number of carbonyl (C=O) groups excluding carboxylic acids is 2. The van der Waals surface area contributed by atoms with Gasteiger partial charge in [-0.05, 0) is 88.8 Å². The number of ether oxygens (including phenoxy) is 1. The average Bonchev–Trinajstić information content (AvgIpc) is 3.59. The first-order valence-electron chi connectivity index (χ1n) is 15.9. The predicted molar refractivity (Wildman–Crippen MR) is 179 cm³/mol. The van der Waals surface area contributed by atoms with Gasteiger partial charge in [0.25, 0.3) is 5.91 Å². The van der Waals surface area contributed by atoms with Gasteiger partial charge in [-0.15, -0.1) is 0 Å². The van der Waals surface area contributed by atoms with Crippen LogP contribution in [-0.4, -0.2) is 73.5 Å². The second-order valence-electron chi connectivity index (χ2n) is 13.3. The number of halogens is 1. The van der Waals surface area contributed by atoms with Gasteiger partial charge in [0.1, 0.15) is 24.3 Å². The number of nitrogens with zero attached hydrogens (tertiary/aromatic N) is 5. The molecule has 4 rings (SSSR count). The second kappa shape index (κ2) is 14.9. The largest absolute Gasteiger partial charge is 0.358 e. The van der Waals surface area contributed by atoms with Crippen LogP contribution >= 0.6 is 10.0 Å². The van der Waals surface area contributed by atoms with Gasteiger partial charge in [0.15, 0.2) is 0 Å². The topological polar surface area (TPSA) is 116 Å². The van der Waals surface area contributed by atoms with Crippen molar-refractivity contribution in [3.63, 3.8) is 0 Å². The number of hydrogen-bond donors (Lipinski definition) is 2. The van der Waals surface area contributed by atoms with E-state index in [1.165, 1.54) is 0 Å². The number of nitrogens with one attached hydrogen (secondary N) is 2. The molecular weight excluding hydrogens is 593 g/mol.